The van der Waals surface area contributed by atoms with E-state index in [1.165, 1.54) is 0 Å². The number of amides is 1. The number of aromatic nitrogens is 2. The van der Waals surface area contributed by atoms with E-state index in [2.05, 4.69) is 20.2 Å². The maximum Gasteiger partial charge on any atom is 0.225 e. The highest BCUT2D eigenvalue weighted by Crippen LogP contribution is 2.20. The van der Waals surface area contributed by atoms with Crippen LogP contribution < -0.4 is 19.7 Å². The van der Waals surface area contributed by atoms with Crippen LogP contribution in [0.5, 0.6) is 11.5 Å². The molecular formula is C19H24N4O3. The van der Waals surface area contributed by atoms with Crippen molar-refractivity contribution in [3.05, 3.63) is 42.7 Å². The fraction of sp³-hybridized carbons (Fsp3) is 0.421. The Hall–Kier alpha value is -2.83. The number of hydrogen-bond donors (Lipinski definition) is 1. The first-order valence-corrected chi connectivity index (χ1v) is 8.83. The summed E-state index contributed by atoms with van der Waals surface area (Å²) in [6.45, 7) is 2.41. The zero-order valence-corrected chi connectivity index (χ0v) is 14.9. The van der Waals surface area contributed by atoms with Gasteiger partial charge in [-0.15, -0.1) is 0 Å². The second-order valence-corrected chi connectivity index (χ2v) is 6.15. The average molecular weight is 356 g/mol. The summed E-state index contributed by atoms with van der Waals surface area (Å²) >= 11 is 0. The zero-order chi connectivity index (χ0) is 18.2. The van der Waals surface area contributed by atoms with E-state index >= 15 is 0 Å². The zero-order valence-electron chi connectivity index (χ0n) is 14.9. The smallest absolute Gasteiger partial charge is 0.225 e. The Labute approximate surface area is 153 Å². The number of benzene rings is 1. The number of anilines is 1. The van der Waals surface area contributed by atoms with Gasteiger partial charge >= 0.3 is 0 Å². The number of rotatable bonds is 7. The van der Waals surface area contributed by atoms with Crippen molar-refractivity contribution in [2.45, 2.75) is 12.8 Å². The van der Waals surface area contributed by atoms with Crippen LogP contribution in [0.4, 0.5) is 5.95 Å². The summed E-state index contributed by atoms with van der Waals surface area (Å²) in [6.07, 6.45) is 5.28. The largest absolute Gasteiger partial charge is 0.497 e. The molecule has 1 fully saturated rings. The summed E-state index contributed by atoms with van der Waals surface area (Å²) in [5.41, 5.74) is 0. The van der Waals surface area contributed by atoms with Crippen LogP contribution in [-0.4, -0.2) is 49.2 Å². The normalized spacial score (nSPS) is 16.8. The lowest BCUT2D eigenvalue weighted by atomic mass is 9.97. The molecule has 0 bridgehead atoms. The Balaban J connectivity index is 1.43. The highest BCUT2D eigenvalue weighted by Gasteiger charge is 2.26. The molecule has 1 saturated heterocycles. The predicted molar refractivity (Wildman–Crippen MR) is 98.5 cm³/mol. The summed E-state index contributed by atoms with van der Waals surface area (Å²) in [6, 6.07) is 9.21. The van der Waals surface area contributed by atoms with Gasteiger partial charge in [0.2, 0.25) is 11.9 Å². The van der Waals surface area contributed by atoms with E-state index in [1.807, 2.05) is 24.3 Å². The Bertz CT molecular complexity index is 711. The van der Waals surface area contributed by atoms with E-state index in [9.17, 15) is 4.79 Å². The van der Waals surface area contributed by atoms with Crippen LogP contribution in [0.1, 0.15) is 12.8 Å². The van der Waals surface area contributed by atoms with E-state index in [1.54, 1.807) is 25.6 Å². The third-order valence-corrected chi connectivity index (χ3v) is 4.34. The van der Waals surface area contributed by atoms with Crippen molar-refractivity contribution < 1.29 is 14.3 Å². The van der Waals surface area contributed by atoms with Gasteiger partial charge in [0, 0.05) is 31.5 Å². The maximum absolute atomic E-state index is 12.4. The first-order valence-electron chi connectivity index (χ1n) is 8.83. The molecule has 7 nitrogen and oxygen atoms in total. The number of piperidine rings is 1. The van der Waals surface area contributed by atoms with Gasteiger partial charge in [-0.2, -0.15) is 0 Å². The number of methoxy groups -OCH3 is 1. The van der Waals surface area contributed by atoms with E-state index in [4.69, 9.17) is 9.47 Å². The third kappa shape index (κ3) is 4.84. The first kappa shape index (κ1) is 18.0. The van der Waals surface area contributed by atoms with Gasteiger partial charge in [0.15, 0.2) is 0 Å². The van der Waals surface area contributed by atoms with Crippen molar-refractivity contribution in [2.75, 3.05) is 38.3 Å². The molecule has 26 heavy (non-hydrogen) atoms. The molecule has 1 unspecified atom stereocenters. The molecule has 2 aromatic rings. The molecule has 0 radical (unpaired) electrons. The first-order chi connectivity index (χ1) is 12.8. The van der Waals surface area contributed by atoms with Crippen molar-refractivity contribution >= 4 is 11.9 Å². The van der Waals surface area contributed by atoms with E-state index in [0.717, 1.165) is 30.9 Å². The second-order valence-electron chi connectivity index (χ2n) is 6.15. The van der Waals surface area contributed by atoms with Gasteiger partial charge in [-0.05, 0) is 31.0 Å². The van der Waals surface area contributed by atoms with Crippen molar-refractivity contribution in [1.29, 1.82) is 0 Å². The predicted octanol–water partition coefficient (Wildman–Crippen LogP) is 1.90. The van der Waals surface area contributed by atoms with Gasteiger partial charge in [0.1, 0.15) is 18.1 Å². The number of ether oxygens (including phenoxy) is 2. The molecule has 7 heteroatoms. The summed E-state index contributed by atoms with van der Waals surface area (Å²) in [4.78, 5) is 23.0. The number of hydrogen-bond acceptors (Lipinski definition) is 6. The fourth-order valence-electron chi connectivity index (χ4n) is 3.01. The molecule has 1 aromatic heterocycles. The summed E-state index contributed by atoms with van der Waals surface area (Å²) in [5, 5.41) is 2.96. The fourth-order valence-corrected chi connectivity index (χ4v) is 3.01. The van der Waals surface area contributed by atoms with Crippen LogP contribution in [0.3, 0.4) is 0 Å². The number of nitrogens with one attached hydrogen (secondary N) is 1. The van der Waals surface area contributed by atoms with Crippen molar-refractivity contribution in [2.24, 2.45) is 5.92 Å². The van der Waals surface area contributed by atoms with Gasteiger partial charge in [-0.1, -0.05) is 6.07 Å². The lowest BCUT2D eigenvalue weighted by Crippen LogP contribution is -2.44. The molecule has 1 atom stereocenters. The molecule has 2 heterocycles. The Morgan fingerprint density at radius 3 is 2.88 bits per heavy atom. The lowest BCUT2D eigenvalue weighted by molar-refractivity contribution is -0.125. The monoisotopic (exact) mass is 356 g/mol. The molecule has 1 N–H and O–H groups in total. The van der Waals surface area contributed by atoms with Crippen molar-refractivity contribution in [3.63, 3.8) is 0 Å². The molecule has 0 spiro atoms. The number of carbonyl (C=O) groups excluding carboxylic acids is 1. The average Bonchev–Trinajstić information content (AvgIpc) is 2.72. The van der Waals surface area contributed by atoms with Crippen LogP contribution in [0.25, 0.3) is 0 Å². The highest BCUT2D eigenvalue weighted by atomic mass is 16.5. The van der Waals surface area contributed by atoms with Gasteiger partial charge in [0.25, 0.3) is 0 Å². The number of carbonyl (C=O) groups is 1. The minimum atomic E-state index is -0.0515. The molecule has 1 aliphatic heterocycles. The summed E-state index contributed by atoms with van der Waals surface area (Å²) < 4.78 is 10.8. The van der Waals surface area contributed by atoms with Crippen LogP contribution in [-0.2, 0) is 4.79 Å². The number of nitrogens with zero attached hydrogens (tertiary/aromatic N) is 3. The maximum atomic E-state index is 12.4. The van der Waals surface area contributed by atoms with Gasteiger partial charge < -0.3 is 19.7 Å². The molecule has 0 aliphatic carbocycles. The summed E-state index contributed by atoms with van der Waals surface area (Å²) in [7, 11) is 1.62. The standard InChI is InChI=1S/C19H24N4O3/c1-25-16-6-2-7-17(13-16)26-12-10-20-18(24)15-5-3-11-23(14-15)19-21-8-4-9-22-19/h2,4,6-9,13,15H,3,5,10-12,14H2,1H3,(H,20,24). The molecule has 3 rings (SSSR count). The SMILES string of the molecule is COc1cccc(OCCNC(=O)C2CCCN(c3ncccn3)C2)c1. The Morgan fingerprint density at radius 2 is 2.08 bits per heavy atom. The molecule has 1 aromatic carbocycles. The van der Waals surface area contributed by atoms with E-state index in [-0.39, 0.29) is 11.8 Å². The Kier molecular flexibility index (Phi) is 6.24. The lowest BCUT2D eigenvalue weighted by Gasteiger charge is -2.31. The van der Waals surface area contributed by atoms with Crippen LogP contribution in [0.15, 0.2) is 42.7 Å². The van der Waals surface area contributed by atoms with Crippen LogP contribution in [0.2, 0.25) is 0 Å². The quantitative estimate of drug-likeness (QED) is 0.764. The van der Waals surface area contributed by atoms with Crippen molar-refractivity contribution in [3.8, 4) is 11.5 Å². The van der Waals surface area contributed by atoms with E-state index in [0.29, 0.717) is 25.6 Å². The van der Waals surface area contributed by atoms with Gasteiger partial charge in [0.05, 0.1) is 19.6 Å². The topological polar surface area (TPSA) is 76.6 Å². The molecule has 1 amide bonds. The van der Waals surface area contributed by atoms with Gasteiger partial charge in [-0.3, -0.25) is 4.79 Å². The second kappa shape index (κ2) is 9.03. The van der Waals surface area contributed by atoms with Crippen LogP contribution in [0, 0.1) is 5.92 Å². The summed E-state index contributed by atoms with van der Waals surface area (Å²) in [5.74, 6) is 2.16. The third-order valence-electron chi connectivity index (χ3n) is 4.34. The molecule has 138 valence electrons. The van der Waals surface area contributed by atoms with Gasteiger partial charge in [-0.25, -0.2) is 9.97 Å². The van der Waals surface area contributed by atoms with E-state index < -0.39 is 0 Å². The van der Waals surface area contributed by atoms with Crippen LogP contribution >= 0.6 is 0 Å². The highest BCUT2D eigenvalue weighted by molar-refractivity contribution is 5.79. The minimum absolute atomic E-state index is 0.0515. The minimum Gasteiger partial charge on any atom is -0.497 e. The Morgan fingerprint density at radius 1 is 1.27 bits per heavy atom. The molecule has 0 saturated carbocycles. The molecular weight excluding hydrogens is 332 g/mol. The molecule has 1 aliphatic rings. The van der Waals surface area contributed by atoms with Crippen molar-refractivity contribution in [1.82, 2.24) is 15.3 Å².